The molecular weight excluding hydrogens is 299 g/mol. The molecule has 0 aromatic heterocycles. The topological polar surface area (TPSA) is 20.2 Å². The Kier molecular flexibility index (Phi) is 2.32. The minimum Gasteiger partial charge on any atom is -0.385 e. The molecule has 2 saturated carbocycles. The Bertz CT molecular complexity index is 373. The number of aliphatic hydroxyl groups is 1. The van der Waals surface area contributed by atoms with Crippen LogP contribution in [0.15, 0.2) is 24.3 Å². The second kappa shape index (κ2) is 3.45. The standard InChI is InChI=1S/C13H15IO/c14-12-5-3-10(4-6-12)13(15)8-9-1-2-11(13)7-9/h3-6,9,11,15H,1-2,7-8H2. The predicted molar refractivity (Wildman–Crippen MR) is 68.5 cm³/mol. The molecule has 80 valence electrons. The Morgan fingerprint density at radius 3 is 2.47 bits per heavy atom. The molecule has 2 bridgehead atoms. The highest BCUT2D eigenvalue weighted by molar-refractivity contribution is 14.1. The molecular formula is C13H15IO. The number of hydrogen-bond donors (Lipinski definition) is 1. The van der Waals surface area contributed by atoms with Crippen molar-refractivity contribution in [3.63, 3.8) is 0 Å². The van der Waals surface area contributed by atoms with Crippen molar-refractivity contribution in [3.8, 4) is 0 Å². The van der Waals surface area contributed by atoms with Crippen LogP contribution in [-0.2, 0) is 5.60 Å². The smallest absolute Gasteiger partial charge is 0.0927 e. The lowest BCUT2D eigenvalue weighted by molar-refractivity contribution is -0.0182. The van der Waals surface area contributed by atoms with E-state index in [0.29, 0.717) is 5.92 Å². The Balaban J connectivity index is 1.96. The SMILES string of the molecule is OC1(c2ccc(I)cc2)CC2CCC1C2. The lowest BCUT2D eigenvalue weighted by Gasteiger charge is -2.33. The summed E-state index contributed by atoms with van der Waals surface area (Å²) >= 11 is 2.31. The van der Waals surface area contributed by atoms with Gasteiger partial charge in [-0.15, -0.1) is 0 Å². The maximum absolute atomic E-state index is 10.7. The molecule has 0 spiro atoms. The summed E-state index contributed by atoms with van der Waals surface area (Å²) in [5.41, 5.74) is 0.628. The van der Waals surface area contributed by atoms with Gasteiger partial charge >= 0.3 is 0 Å². The highest BCUT2D eigenvalue weighted by Crippen LogP contribution is 2.55. The number of hydrogen-bond acceptors (Lipinski definition) is 1. The van der Waals surface area contributed by atoms with Crippen molar-refractivity contribution in [3.05, 3.63) is 33.4 Å². The normalized spacial score (nSPS) is 38.5. The summed E-state index contributed by atoms with van der Waals surface area (Å²) in [6.45, 7) is 0. The van der Waals surface area contributed by atoms with E-state index in [1.54, 1.807) is 0 Å². The number of fused-ring (bicyclic) bond motifs is 2. The summed E-state index contributed by atoms with van der Waals surface area (Å²) in [6.07, 6.45) is 4.77. The van der Waals surface area contributed by atoms with Gasteiger partial charge in [-0.1, -0.05) is 12.1 Å². The molecule has 3 rings (SSSR count). The van der Waals surface area contributed by atoms with Crippen molar-refractivity contribution in [2.24, 2.45) is 11.8 Å². The van der Waals surface area contributed by atoms with E-state index in [9.17, 15) is 5.11 Å². The van der Waals surface area contributed by atoms with Gasteiger partial charge in [0.2, 0.25) is 0 Å². The van der Waals surface area contributed by atoms with Crippen molar-refractivity contribution in [2.75, 3.05) is 0 Å². The first-order chi connectivity index (χ1) is 7.18. The van der Waals surface area contributed by atoms with Crippen LogP contribution in [-0.4, -0.2) is 5.11 Å². The number of benzene rings is 1. The van der Waals surface area contributed by atoms with E-state index in [4.69, 9.17) is 0 Å². The van der Waals surface area contributed by atoms with Gasteiger partial charge in [0.05, 0.1) is 5.60 Å². The summed E-state index contributed by atoms with van der Waals surface area (Å²) in [6, 6.07) is 8.39. The summed E-state index contributed by atoms with van der Waals surface area (Å²) < 4.78 is 1.24. The fraction of sp³-hybridized carbons (Fsp3) is 0.538. The molecule has 1 N–H and O–H groups in total. The van der Waals surface area contributed by atoms with E-state index in [1.807, 2.05) is 0 Å². The number of rotatable bonds is 1. The zero-order chi connectivity index (χ0) is 10.5. The van der Waals surface area contributed by atoms with E-state index < -0.39 is 5.60 Å². The van der Waals surface area contributed by atoms with Crippen molar-refractivity contribution in [2.45, 2.75) is 31.3 Å². The third-order valence-corrected chi connectivity index (χ3v) is 4.88. The molecule has 0 amide bonds. The molecule has 3 atom stereocenters. The minimum absolute atomic E-state index is 0.507. The molecule has 0 radical (unpaired) electrons. The van der Waals surface area contributed by atoms with Gasteiger partial charge < -0.3 is 5.11 Å². The largest absolute Gasteiger partial charge is 0.385 e. The van der Waals surface area contributed by atoms with Crippen LogP contribution in [0.3, 0.4) is 0 Å². The van der Waals surface area contributed by atoms with Crippen LogP contribution < -0.4 is 0 Å². The summed E-state index contributed by atoms with van der Waals surface area (Å²) in [7, 11) is 0. The van der Waals surface area contributed by atoms with Gasteiger partial charge in [0.15, 0.2) is 0 Å². The van der Waals surface area contributed by atoms with Crippen LogP contribution in [0.4, 0.5) is 0 Å². The maximum Gasteiger partial charge on any atom is 0.0927 e. The number of halogens is 1. The van der Waals surface area contributed by atoms with Gasteiger partial charge in [-0.3, -0.25) is 0 Å². The van der Waals surface area contributed by atoms with E-state index in [2.05, 4.69) is 46.9 Å². The van der Waals surface area contributed by atoms with Gasteiger partial charge in [0, 0.05) is 3.57 Å². The third kappa shape index (κ3) is 1.53. The fourth-order valence-corrected chi connectivity index (χ4v) is 3.75. The Morgan fingerprint density at radius 2 is 1.93 bits per heavy atom. The molecule has 0 saturated heterocycles. The summed E-state index contributed by atoms with van der Waals surface area (Å²) in [5.74, 6) is 1.29. The van der Waals surface area contributed by atoms with E-state index >= 15 is 0 Å². The Hall–Kier alpha value is -0.0900. The van der Waals surface area contributed by atoms with Gasteiger partial charge in [0.1, 0.15) is 0 Å². The Morgan fingerprint density at radius 1 is 1.20 bits per heavy atom. The first-order valence-corrected chi connectivity index (χ1v) is 6.75. The van der Waals surface area contributed by atoms with Crippen LogP contribution in [0.5, 0.6) is 0 Å². The van der Waals surface area contributed by atoms with E-state index in [-0.39, 0.29) is 0 Å². The van der Waals surface area contributed by atoms with Crippen molar-refractivity contribution < 1.29 is 5.11 Å². The molecule has 1 nitrogen and oxygen atoms in total. The molecule has 0 aliphatic heterocycles. The second-order valence-electron chi connectivity index (χ2n) is 5.01. The second-order valence-corrected chi connectivity index (χ2v) is 6.26. The quantitative estimate of drug-likeness (QED) is 0.789. The van der Waals surface area contributed by atoms with Gasteiger partial charge in [-0.2, -0.15) is 0 Å². The van der Waals surface area contributed by atoms with E-state index in [1.165, 1.54) is 22.8 Å². The molecule has 2 aliphatic carbocycles. The monoisotopic (exact) mass is 314 g/mol. The Labute approximate surface area is 104 Å². The van der Waals surface area contributed by atoms with E-state index in [0.717, 1.165) is 17.9 Å². The maximum atomic E-state index is 10.7. The molecule has 2 heteroatoms. The van der Waals surface area contributed by atoms with Crippen LogP contribution >= 0.6 is 22.6 Å². The van der Waals surface area contributed by atoms with Gasteiger partial charge in [0.25, 0.3) is 0 Å². The molecule has 0 heterocycles. The first-order valence-electron chi connectivity index (χ1n) is 5.67. The molecule has 2 aliphatic rings. The predicted octanol–water partition coefficient (Wildman–Crippen LogP) is 3.30. The molecule has 15 heavy (non-hydrogen) atoms. The van der Waals surface area contributed by atoms with Crippen LogP contribution in [0.1, 0.15) is 31.2 Å². The lowest BCUT2D eigenvalue weighted by atomic mass is 9.79. The van der Waals surface area contributed by atoms with Crippen molar-refractivity contribution in [1.29, 1.82) is 0 Å². The molecule has 1 aromatic rings. The van der Waals surface area contributed by atoms with Gasteiger partial charge in [-0.25, -0.2) is 0 Å². The van der Waals surface area contributed by atoms with Crippen molar-refractivity contribution >= 4 is 22.6 Å². The van der Waals surface area contributed by atoms with Crippen molar-refractivity contribution in [1.82, 2.24) is 0 Å². The van der Waals surface area contributed by atoms with Crippen LogP contribution in [0.25, 0.3) is 0 Å². The van der Waals surface area contributed by atoms with Crippen LogP contribution in [0.2, 0.25) is 0 Å². The highest BCUT2D eigenvalue weighted by atomic mass is 127. The zero-order valence-corrected chi connectivity index (χ0v) is 10.8. The lowest BCUT2D eigenvalue weighted by Crippen LogP contribution is -2.32. The minimum atomic E-state index is -0.507. The summed E-state index contributed by atoms with van der Waals surface area (Å²) in [4.78, 5) is 0. The highest BCUT2D eigenvalue weighted by Gasteiger charge is 2.50. The summed E-state index contributed by atoms with van der Waals surface area (Å²) in [5, 5.41) is 10.7. The zero-order valence-electron chi connectivity index (χ0n) is 8.62. The third-order valence-electron chi connectivity index (χ3n) is 4.16. The average molecular weight is 314 g/mol. The van der Waals surface area contributed by atoms with Gasteiger partial charge in [-0.05, 0) is 77.8 Å². The molecule has 1 aromatic carbocycles. The fourth-order valence-electron chi connectivity index (χ4n) is 3.39. The molecule has 2 fully saturated rings. The first kappa shape index (κ1) is 10.1. The average Bonchev–Trinajstić information content (AvgIpc) is 2.78. The van der Waals surface area contributed by atoms with Crippen LogP contribution in [0, 0.1) is 15.4 Å². The molecule has 3 unspecified atom stereocenters.